The van der Waals surface area contributed by atoms with Crippen molar-refractivity contribution in [2.24, 2.45) is 11.8 Å². The van der Waals surface area contributed by atoms with Gasteiger partial charge in [-0.2, -0.15) is 0 Å². The zero-order valence-corrected chi connectivity index (χ0v) is 9.01. The summed E-state index contributed by atoms with van der Waals surface area (Å²) in [5.41, 5.74) is 0.629. The van der Waals surface area contributed by atoms with Gasteiger partial charge in [-0.1, -0.05) is 11.6 Å². The van der Waals surface area contributed by atoms with Gasteiger partial charge in [-0.25, -0.2) is 0 Å². The van der Waals surface area contributed by atoms with Crippen molar-refractivity contribution in [1.82, 2.24) is 0 Å². The lowest BCUT2D eigenvalue weighted by Crippen LogP contribution is -2.30. The lowest BCUT2D eigenvalue weighted by Gasteiger charge is -2.15. The van der Waals surface area contributed by atoms with Gasteiger partial charge in [0.15, 0.2) is 0 Å². The molecule has 0 radical (unpaired) electrons. The van der Waals surface area contributed by atoms with Crippen LogP contribution in [-0.2, 0) is 14.4 Å². The number of carboxylic acids is 3. The molecule has 0 fully saturated rings. The first kappa shape index (κ1) is 14.2. The molecular formula is C10H14O6. The summed E-state index contributed by atoms with van der Waals surface area (Å²) >= 11 is 0. The fourth-order valence-electron chi connectivity index (χ4n) is 1.27. The fraction of sp³-hybridized carbons (Fsp3) is 0.500. The molecule has 0 heterocycles. The van der Waals surface area contributed by atoms with Crippen molar-refractivity contribution >= 4 is 17.9 Å². The second-order valence-electron chi connectivity index (χ2n) is 3.65. The molecule has 2 unspecified atom stereocenters. The Morgan fingerprint density at radius 2 is 1.56 bits per heavy atom. The molecule has 0 aromatic carbocycles. The van der Waals surface area contributed by atoms with Crippen LogP contribution in [0.15, 0.2) is 11.6 Å². The van der Waals surface area contributed by atoms with E-state index in [0.717, 1.165) is 0 Å². The van der Waals surface area contributed by atoms with Gasteiger partial charge in [0.2, 0.25) is 0 Å². The summed E-state index contributed by atoms with van der Waals surface area (Å²) in [5, 5.41) is 26.2. The first-order valence-electron chi connectivity index (χ1n) is 4.58. The van der Waals surface area contributed by atoms with Gasteiger partial charge in [0, 0.05) is 0 Å². The molecule has 0 rings (SSSR count). The van der Waals surface area contributed by atoms with Gasteiger partial charge in [0.25, 0.3) is 0 Å². The second-order valence-corrected chi connectivity index (χ2v) is 3.65. The van der Waals surface area contributed by atoms with Crippen LogP contribution in [0.3, 0.4) is 0 Å². The molecule has 0 bridgehead atoms. The van der Waals surface area contributed by atoms with Crippen LogP contribution in [0.4, 0.5) is 0 Å². The monoisotopic (exact) mass is 230 g/mol. The molecule has 90 valence electrons. The minimum Gasteiger partial charge on any atom is -0.481 e. The first-order valence-corrected chi connectivity index (χ1v) is 4.58. The smallest absolute Gasteiger partial charge is 0.311 e. The number of carbonyl (C=O) groups is 3. The van der Waals surface area contributed by atoms with Crippen LogP contribution >= 0.6 is 0 Å². The van der Waals surface area contributed by atoms with E-state index in [2.05, 4.69) is 0 Å². The number of allylic oxidation sites excluding steroid dienone is 1. The quantitative estimate of drug-likeness (QED) is 0.582. The Labute approximate surface area is 92.2 Å². The van der Waals surface area contributed by atoms with Gasteiger partial charge in [-0.05, 0) is 13.8 Å². The topological polar surface area (TPSA) is 112 Å². The number of hydrogen-bond donors (Lipinski definition) is 3. The van der Waals surface area contributed by atoms with Crippen molar-refractivity contribution in [3.8, 4) is 0 Å². The molecule has 0 aromatic heterocycles. The van der Waals surface area contributed by atoms with Crippen molar-refractivity contribution in [1.29, 1.82) is 0 Å². The van der Waals surface area contributed by atoms with E-state index in [1.54, 1.807) is 13.8 Å². The Morgan fingerprint density at radius 3 is 1.81 bits per heavy atom. The molecule has 6 nitrogen and oxygen atoms in total. The Balaban J connectivity index is 5.10. The third-order valence-corrected chi connectivity index (χ3v) is 1.94. The molecule has 3 N–H and O–H groups in total. The largest absolute Gasteiger partial charge is 0.481 e. The van der Waals surface area contributed by atoms with Gasteiger partial charge >= 0.3 is 17.9 Å². The summed E-state index contributed by atoms with van der Waals surface area (Å²) in [4.78, 5) is 32.1. The van der Waals surface area contributed by atoms with Crippen LogP contribution in [0.2, 0.25) is 0 Å². The van der Waals surface area contributed by atoms with Gasteiger partial charge in [0.1, 0.15) is 0 Å². The fourth-order valence-corrected chi connectivity index (χ4v) is 1.27. The van der Waals surface area contributed by atoms with E-state index in [1.807, 2.05) is 0 Å². The lowest BCUT2D eigenvalue weighted by molar-refractivity contribution is -0.155. The maximum Gasteiger partial charge on any atom is 0.311 e. The van der Waals surface area contributed by atoms with E-state index < -0.39 is 36.2 Å². The summed E-state index contributed by atoms with van der Waals surface area (Å²) in [6.07, 6.45) is 0.542. The first-order chi connectivity index (χ1) is 7.25. The molecule has 0 saturated carbocycles. The Morgan fingerprint density at radius 1 is 1.06 bits per heavy atom. The Kier molecular flexibility index (Phi) is 5.21. The molecule has 0 aromatic rings. The molecule has 6 heteroatoms. The molecule has 0 saturated heterocycles. The van der Waals surface area contributed by atoms with E-state index >= 15 is 0 Å². The van der Waals surface area contributed by atoms with Crippen molar-refractivity contribution in [2.45, 2.75) is 20.3 Å². The number of rotatable bonds is 6. The standard InChI is InChI=1S/C10H14O6/c1-5(2)3-6(9(13)14)7(10(15)16)4-8(11)12/h3,6-7H,4H2,1-2H3,(H,11,12)(H,13,14)(H,15,16). The summed E-state index contributed by atoms with van der Waals surface area (Å²) < 4.78 is 0. The SMILES string of the molecule is CC(C)=CC(C(=O)O)C(CC(=O)O)C(=O)O. The van der Waals surface area contributed by atoms with E-state index in [0.29, 0.717) is 5.57 Å². The predicted octanol–water partition coefficient (Wildman–Crippen LogP) is 0.829. The average Bonchev–Trinajstić information content (AvgIpc) is 2.09. The van der Waals surface area contributed by atoms with Gasteiger partial charge < -0.3 is 15.3 Å². The molecule has 0 amide bonds. The van der Waals surface area contributed by atoms with Crippen LogP contribution in [0.25, 0.3) is 0 Å². The van der Waals surface area contributed by atoms with Crippen molar-refractivity contribution in [2.75, 3.05) is 0 Å². The number of carboxylic acid groups (broad SMARTS) is 3. The minimum absolute atomic E-state index is 0.629. The van der Waals surface area contributed by atoms with Gasteiger partial charge in [-0.3, -0.25) is 14.4 Å². The van der Waals surface area contributed by atoms with Crippen molar-refractivity contribution < 1.29 is 29.7 Å². The highest BCUT2D eigenvalue weighted by Crippen LogP contribution is 2.20. The van der Waals surface area contributed by atoms with E-state index in [-0.39, 0.29) is 0 Å². The Bertz CT molecular complexity index is 326. The third kappa shape index (κ3) is 4.59. The molecule has 0 aliphatic heterocycles. The molecule has 0 spiro atoms. The maximum absolute atomic E-state index is 10.9. The predicted molar refractivity (Wildman–Crippen MR) is 53.9 cm³/mol. The normalized spacial score (nSPS) is 13.6. The van der Waals surface area contributed by atoms with E-state index in [9.17, 15) is 14.4 Å². The zero-order chi connectivity index (χ0) is 12.9. The maximum atomic E-state index is 10.9. The van der Waals surface area contributed by atoms with Crippen LogP contribution in [0, 0.1) is 11.8 Å². The third-order valence-electron chi connectivity index (χ3n) is 1.94. The van der Waals surface area contributed by atoms with Crippen LogP contribution < -0.4 is 0 Å². The van der Waals surface area contributed by atoms with Crippen LogP contribution in [0.5, 0.6) is 0 Å². The highest BCUT2D eigenvalue weighted by Gasteiger charge is 2.33. The highest BCUT2D eigenvalue weighted by atomic mass is 16.4. The summed E-state index contributed by atoms with van der Waals surface area (Å²) in [6, 6.07) is 0. The summed E-state index contributed by atoms with van der Waals surface area (Å²) in [5.74, 6) is -6.87. The zero-order valence-electron chi connectivity index (χ0n) is 9.01. The Hall–Kier alpha value is -1.85. The molecule has 0 aliphatic carbocycles. The van der Waals surface area contributed by atoms with Crippen LogP contribution in [0.1, 0.15) is 20.3 Å². The minimum atomic E-state index is -1.45. The summed E-state index contributed by atoms with van der Waals surface area (Å²) in [6.45, 7) is 3.24. The van der Waals surface area contributed by atoms with Gasteiger partial charge in [-0.15, -0.1) is 0 Å². The molecule has 0 aliphatic rings. The number of aliphatic carboxylic acids is 3. The highest BCUT2D eigenvalue weighted by molar-refractivity contribution is 5.85. The molecule has 2 atom stereocenters. The van der Waals surface area contributed by atoms with Crippen molar-refractivity contribution in [3.63, 3.8) is 0 Å². The average molecular weight is 230 g/mol. The number of hydrogen-bond acceptors (Lipinski definition) is 3. The lowest BCUT2D eigenvalue weighted by atomic mass is 9.88. The molecular weight excluding hydrogens is 216 g/mol. The summed E-state index contributed by atoms with van der Waals surface area (Å²) in [7, 11) is 0. The van der Waals surface area contributed by atoms with Gasteiger partial charge in [0.05, 0.1) is 18.3 Å². The van der Waals surface area contributed by atoms with Crippen LogP contribution in [-0.4, -0.2) is 33.2 Å². The van der Waals surface area contributed by atoms with Crippen molar-refractivity contribution in [3.05, 3.63) is 11.6 Å². The second kappa shape index (κ2) is 5.89. The van der Waals surface area contributed by atoms with E-state index in [1.165, 1.54) is 6.08 Å². The van der Waals surface area contributed by atoms with E-state index in [4.69, 9.17) is 15.3 Å². The molecule has 16 heavy (non-hydrogen) atoms.